The largest absolute Gasteiger partial charge is 0.383 e. The summed E-state index contributed by atoms with van der Waals surface area (Å²) in [5.41, 5.74) is 2.11. The highest BCUT2D eigenvalue weighted by Crippen LogP contribution is 2.23. The normalized spacial score (nSPS) is 10.8. The fourth-order valence-electron chi connectivity index (χ4n) is 2.49. The van der Waals surface area contributed by atoms with Gasteiger partial charge in [-0.1, -0.05) is 55.8 Å². The van der Waals surface area contributed by atoms with Gasteiger partial charge >= 0.3 is 0 Å². The fraction of sp³-hybridized carbons (Fsp3) is 0.316. The first-order chi connectivity index (χ1) is 11.2. The predicted octanol–water partition coefficient (Wildman–Crippen LogP) is 4.32. The topological polar surface area (TPSA) is 32.3 Å². The molecule has 2 rings (SSSR count). The van der Waals surface area contributed by atoms with Crippen LogP contribution >= 0.6 is 11.6 Å². The average Bonchev–Trinajstić information content (AvgIpc) is 2.60. The highest BCUT2D eigenvalue weighted by atomic mass is 35.5. The number of halogens is 1. The minimum atomic E-state index is -0.0153. The van der Waals surface area contributed by atoms with Gasteiger partial charge in [-0.15, -0.1) is 0 Å². The van der Waals surface area contributed by atoms with E-state index in [4.69, 9.17) is 11.6 Å². The lowest BCUT2D eigenvalue weighted by atomic mass is 10.0. The minimum Gasteiger partial charge on any atom is -0.383 e. The van der Waals surface area contributed by atoms with E-state index < -0.39 is 0 Å². The number of hydrogen-bond acceptors (Lipinski definition) is 3. The number of rotatable bonds is 8. The molecule has 0 atom stereocenters. The zero-order valence-corrected chi connectivity index (χ0v) is 14.4. The first-order valence-electron chi connectivity index (χ1n) is 8.01. The van der Waals surface area contributed by atoms with E-state index in [0.29, 0.717) is 16.1 Å². The molecule has 0 heterocycles. The van der Waals surface area contributed by atoms with E-state index in [1.807, 2.05) is 42.5 Å². The SMILES string of the molecule is CCN(CC)CCNc1ccc(Cl)cc1C(=O)c1ccccc1. The minimum absolute atomic E-state index is 0.0153. The van der Waals surface area contributed by atoms with Crippen LogP contribution < -0.4 is 5.32 Å². The van der Waals surface area contributed by atoms with Crippen molar-refractivity contribution in [2.45, 2.75) is 13.8 Å². The Morgan fingerprint density at radius 2 is 1.78 bits per heavy atom. The molecule has 23 heavy (non-hydrogen) atoms. The van der Waals surface area contributed by atoms with E-state index in [9.17, 15) is 4.79 Å². The number of carbonyl (C=O) groups is 1. The molecule has 0 aliphatic carbocycles. The number of carbonyl (C=O) groups excluding carboxylic acids is 1. The summed E-state index contributed by atoms with van der Waals surface area (Å²) in [7, 11) is 0. The lowest BCUT2D eigenvalue weighted by molar-refractivity contribution is 0.103. The van der Waals surface area contributed by atoms with Crippen molar-refractivity contribution in [2.24, 2.45) is 0 Å². The van der Waals surface area contributed by atoms with Crippen molar-refractivity contribution in [3.63, 3.8) is 0 Å². The maximum Gasteiger partial charge on any atom is 0.195 e. The van der Waals surface area contributed by atoms with Crippen LogP contribution in [0.3, 0.4) is 0 Å². The maximum atomic E-state index is 12.7. The molecule has 122 valence electrons. The Kier molecular flexibility index (Phi) is 6.63. The summed E-state index contributed by atoms with van der Waals surface area (Å²) in [6.07, 6.45) is 0. The molecule has 2 aromatic rings. The molecular formula is C19H23ClN2O. The molecule has 0 saturated carbocycles. The third-order valence-electron chi connectivity index (χ3n) is 3.90. The number of hydrogen-bond donors (Lipinski definition) is 1. The highest BCUT2D eigenvalue weighted by Gasteiger charge is 2.14. The van der Waals surface area contributed by atoms with E-state index in [-0.39, 0.29) is 5.78 Å². The van der Waals surface area contributed by atoms with Crippen LogP contribution in [0.25, 0.3) is 0 Å². The molecule has 1 N–H and O–H groups in total. The van der Waals surface area contributed by atoms with E-state index in [1.165, 1.54) is 0 Å². The van der Waals surface area contributed by atoms with Crippen molar-refractivity contribution in [1.29, 1.82) is 0 Å². The Balaban J connectivity index is 2.16. The zero-order valence-electron chi connectivity index (χ0n) is 13.7. The molecule has 0 unspecified atom stereocenters. The van der Waals surface area contributed by atoms with Crippen LogP contribution in [0.5, 0.6) is 0 Å². The molecule has 0 aliphatic rings. The van der Waals surface area contributed by atoms with Crippen molar-refractivity contribution >= 4 is 23.1 Å². The molecule has 0 bridgehead atoms. The highest BCUT2D eigenvalue weighted by molar-refractivity contribution is 6.31. The summed E-state index contributed by atoms with van der Waals surface area (Å²) >= 11 is 6.09. The van der Waals surface area contributed by atoms with E-state index in [0.717, 1.165) is 31.9 Å². The number of benzene rings is 2. The number of nitrogens with zero attached hydrogens (tertiary/aromatic N) is 1. The van der Waals surface area contributed by atoms with Gasteiger partial charge in [0.1, 0.15) is 0 Å². The summed E-state index contributed by atoms with van der Waals surface area (Å²) in [6.45, 7) is 8.07. The van der Waals surface area contributed by atoms with Gasteiger partial charge in [0.25, 0.3) is 0 Å². The van der Waals surface area contributed by atoms with Crippen molar-refractivity contribution < 1.29 is 4.79 Å². The molecule has 0 amide bonds. The first-order valence-corrected chi connectivity index (χ1v) is 8.39. The quantitative estimate of drug-likeness (QED) is 0.731. The fourth-order valence-corrected chi connectivity index (χ4v) is 2.66. The van der Waals surface area contributed by atoms with Gasteiger partial charge in [-0.3, -0.25) is 4.79 Å². The molecular weight excluding hydrogens is 308 g/mol. The van der Waals surface area contributed by atoms with Crippen LogP contribution in [0, 0.1) is 0 Å². The average molecular weight is 331 g/mol. The second-order valence-electron chi connectivity index (χ2n) is 5.34. The molecule has 3 nitrogen and oxygen atoms in total. The third kappa shape index (κ3) is 4.81. The maximum absolute atomic E-state index is 12.7. The molecule has 0 fully saturated rings. The van der Waals surface area contributed by atoms with Gasteiger partial charge in [-0.2, -0.15) is 0 Å². The third-order valence-corrected chi connectivity index (χ3v) is 4.14. The monoisotopic (exact) mass is 330 g/mol. The van der Waals surface area contributed by atoms with Crippen LogP contribution in [-0.2, 0) is 0 Å². The Labute approximate surface area is 143 Å². The van der Waals surface area contributed by atoms with Crippen molar-refractivity contribution in [2.75, 3.05) is 31.5 Å². The summed E-state index contributed by atoms with van der Waals surface area (Å²) in [5.74, 6) is -0.0153. The van der Waals surface area contributed by atoms with E-state index in [1.54, 1.807) is 6.07 Å². The summed E-state index contributed by atoms with van der Waals surface area (Å²) in [6, 6.07) is 14.7. The first kappa shape index (κ1) is 17.5. The van der Waals surface area contributed by atoms with Crippen LogP contribution in [-0.4, -0.2) is 36.9 Å². The number of ketones is 1. The summed E-state index contributed by atoms with van der Waals surface area (Å²) < 4.78 is 0. The Morgan fingerprint density at radius 3 is 2.43 bits per heavy atom. The Bertz CT molecular complexity index is 639. The standard InChI is InChI=1S/C19H23ClN2O/c1-3-22(4-2)13-12-21-18-11-10-16(20)14-17(18)19(23)15-8-6-5-7-9-15/h5-11,14,21H,3-4,12-13H2,1-2H3. The molecule has 0 aromatic heterocycles. The van der Waals surface area contributed by atoms with Gasteiger partial charge in [0.05, 0.1) is 0 Å². The lowest BCUT2D eigenvalue weighted by Gasteiger charge is -2.19. The van der Waals surface area contributed by atoms with Gasteiger partial charge in [-0.05, 0) is 31.3 Å². The number of nitrogens with one attached hydrogen (secondary N) is 1. The van der Waals surface area contributed by atoms with Crippen LogP contribution in [0.15, 0.2) is 48.5 Å². The second kappa shape index (κ2) is 8.70. The molecule has 2 aromatic carbocycles. The summed E-state index contributed by atoms with van der Waals surface area (Å²) in [4.78, 5) is 15.1. The number of anilines is 1. The second-order valence-corrected chi connectivity index (χ2v) is 5.78. The van der Waals surface area contributed by atoms with Gasteiger partial charge in [0.15, 0.2) is 5.78 Å². The molecule has 0 radical (unpaired) electrons. The van der Waals surface area contributed by atoms with Crippen LogP contribution in [0.4, 0.5) is 5.69 Å². The van der Waals surface area contributed by atoms with Gasteiger partial charge in [0, 0.05) is 34.9 Å². The predicted molar refractivity (Wildman–Crippen MR) is 97.6 cm³/mol. The number of likely N-dealkylation sites (N-methyl/N-ethyl adjacent to an activating group) is 1. The van der Waals surface area contributed by atoms with Gasteiger partial charge in [0.2, 0.25) is 0 Å². The molecule has 4 heteroatoms. The van der Waals surface area contributed by atoms with Crippen LogP contribution in [0.1, 0.15) is 29.8 Å². The lowest BCUT2D eigenvalue weighted by Crippen LogP contribution is -2.28. The van der Waals surface area contributed by atoms with Gasteiger partial charge < -0.3 is 10.2 Å². The molecule has 0 saturated heterocycles. The van der Waals surface area contributed by atoms with Crippen molar-refractivity contribution in [3.8, 4) is 0 Å². The Hall–Kier alpha value is -1.84. The van der Waals surface area contributed by atoms with Crippen LogP contribution in [0.2, 0.25) is 5.02 Å². The Morgan fingerprint density at radius 1 is 1.09 bits per heavy atom. The molecule has 0 spiro atoms. The summed E-state index contributed by atoms with van der Waals surface area (Å²) in [5, 5.41) is 3.94. The van der Waals surface area contributed by atoms with Crippen molar-refractivity contribution in [1.82, 2.24) is 4.90 Å². The van der Waals surface area contributed by atoms with Gasteiger partial charge in [-0.25, -0.2) is 0 Å². The van der Waals surface area contributed by atoms with E-state index >= 15 is 0 Å². The molecule has 0 aliphatic heterocycles. The van der Waals surface area contributed by atoms with Crippen molar-refractivity contribution in [3.05, 3.63) is 64.7 Å². The zero-order chi connectivity index (χ0) is 16.7. The smallest absolute Gasteiger partial charge is 0.195 e. The van der Waals surface area contributed by atoms with E-state index in [2.05, 4.69) is 24.1 Å².